The molecule has 1 aliphatic heterocycles. The molecule has 0 saturated carbocycles. The highest BCUT2D eigenvalue weighted by molar-refractivity contribution is 7.13. The highest BCUT2D eigenvalue weighted by atomic mass is 32.1. The zero-order valence-electron chi connectivity index (χ0n) is 21.0. The third-order valence-electron chi connectivity index (χ3n) is 6.05. The number of rotatable bonds is 10. The molecule has 2 aromatic heterocycles. The lowest BCUT2D eigenvalue weighted by atomic mass is 10.0. The summed E-state index contributed by atoms with van der Waals surface area (Å²) in [5, 5.41) is 7.76. The summed E-state index contributed by atoms with van der Waals surface area (Å²) >= 11 is 3.02. The van der Waals surface area contributed by atoms with Gasteiger partial charge in [0.15, 0.2) is 0 Å². The van der Waals surface area contributed by atoms with E-state index >= 15 is 0 Å². The Morgan fingerprint density at radius 2 is 2.00 bits per heavy atom. The number of hydrazine groups is 1. The topological polar surface area (TPSA) is 68.3 Å². The largest absolute Gasteiger partial charge is 0.465 e. The molecule has 37 heavy (non-hydrogen) atoms. The molecule has 194 valence electrons. The van der Waals surface area contributed by atoms with Crippen molar-refractivity contribution in [2.45, 2.75) is 25.4 Å². The van der Waals surface area contributed by atoms with Crippen LogP contribution < -0.4 is 0 Å². The number of benzene rings is 1. The molecule has 1 unspecified atom stereocenters. The fraction of sp³-hybridized carbons (Fsp3) is 0.357. The second-order valence-corrected chi connectivity index (χ2v) is 10.5. The highest BCUT2D eigenvalue weighted by Gasteiger charge is 2.28. The molecule has 0 spiro atoms. The number of carbonyl (C=O) groups is 2. The summed E-state index contributed by atoms with van der Waals surface area (Å²) in [6.45, 7) is 2.14. The van der Waals surface area contributed by atoms with Crippen LogP contribution in [0.2, 0.25) is 0 Å². The van der Waals surface area contributed by atoms with E-state index in [1.807, 2.05) is 40.0 Å². The first-order valence-electron chi connectivity index (χ1n) is 12.1. The fourth-order valence-electron chi connectivity index (χ4n) is 4.07. The Morgan fingerprint density at radius 3 is 2.78 bits per heavy atom. The standard InChI is InChI=1S/C28H30N2O5S2/c1-33-24(19-23-5-3-4-21(18-23)6-7-22-12-17-36-20-22)10-13-29-15-16-35-28(32)30(29)14-11-25-8-9-26(37-25)27(31)34-2/h3-5,8-9,12,17-18,20,24H,10-11,13-16,19H2,1-2H3. The average molecular weight is 539 g/mol. The monoisotopic (exact) mass is 538 g/mol. The van der Waals surface area contributed by atoms with Crippen molar-refractivity contribution in [1.29, 1.82) is 0 Å². The molecule has 1 atom stereocenters. The van der Waals surface area contributed by atoms with E-state index in [1.54, 1.807) is 29.5 Å². The molecule has 7 nitrogen and oxygen atoms in total. The van der Waals surface area contributed by atoms with Gasteiger partial charge in [0.2, 0.25) is 0 Å². The second-order valence-electron chi connectivity index (χ2n) is 8.51. The number of amides is 1. The molecule has 0 radical (unpaired) electrons. The third-order valence-corrected chi connectivity index (χ3v) is 7.86. The maximum absolute atomic E-state index is 12.5. The molecule has 1 fully saturated rings. The summed E-state index contributed by atoms with van der Waals surface area (Å²) < 4.78 is 15.9. The quantitative estimate of drug-likeness (QED) is 0.271. The van der Waals surface area contributed by atoms with Crippen LogP contribution in [-0.2, 0) is 27.1 Å². The van der Waals surface area contributed by atoms with E-state index in [-0.39, 0.29) is 18.2 Å². The second kappa shape index (κ2) is 13.4. The smallest absolute Gasteiger partial charge is 0.424 e. The van der Waals surface area contributed by atoms with Crippen molar-refractivity contribution in [1.82, 2.24) is 10.0 Å². The Labute approximate surface area is 225 Å². The number of thiophene rings is 2. The molecule has 0 aliphatic carbocycles. The first kappa shape index (κ1) is 26.9. The van der Waals surface area contributed by atoms with Gasteiger partial charge in [-0.1, -0.05) is 24.0 Å². The first-order chi connectivity index (χ1) is 18.1. The van der Waals surface area contributed by atoms with Crippen LogP contribution in [0.25, 0.3) is 0 Å². The maximum atomic E-state index is 12.5. The van der Waals surface area contributed by atoms with Gasteiger partial charge in [-0.3, -0.25) is 0 Å². The lowest BCUT2D eigenvalue weighted by molar-refractivity contribution is -0.0737. The van der Waals surface area contributed by atoms with Crippen LogP contribution >= 0.6 is 22.7 Å². The van der Waals surface area contributed by atoms with Crippen molar-refractivity contribution in [3.8, 4) is 11.8 Å². The normalized spacial score (nSPS) is 14.5. The zero-order valence-corrected chi connectivity index (χ0v) is 22.6. The van der Waals surface area contributed by atoms with Crippen LogP contribution in [-0.4, -0.2) is 68.6 Å². The van der Waals surface area contributed by atoms with Crippen LogP contribution in [0, 0.1) is 11.8 Å². The van der Waals surface area contributed by atoms with E-state index in [1.165, 1.54) is 18.4 Å². The van der Waals surface area contributed by atoms with Crippen molar-refractivity contribution in [3.05, 3.63) is 79.7 Å². The number of nitrogens with zero attached hydrogens (tertiary/aromatic N) is 2. The van der Waals surface area contributed by atoms with Crippen molar-refractivity contribution < 1.29 is 23.8 Å². The van der Waals surface area contributed by atoms with Gasteiger partial charge in [-0.25, -0.2) is 19.6 Å². The molecule has 4 rings (SSSR count). The Morgan fingerprint density at radius 1 is 1.14 bits per heavy atom. The van der Waals surface area contributed by atoms with Crippen molar-refractivity contribution in [2.75, 3.05) is 40.5 Å². The van der Waals surface area contributed by atoms with Gasteiger partial charge in [0.25, 0.3) is 0 Å². The number of hydrogen-bond acceptors (Lipinski definition) is 8. The van der Waals surface area contributed by atoms with Crippen LogP contribution in [0.4, 0.5) is 4.79 Å². The van der Waals surface area contributed by atoms with Crippen LogP contribution in [0.1, 0.15) is 37.7 Å². The molecular weight excluding hydrogens is 508 g/mol. The SMILES string of the molecule is COC(=O)c1ccc(CCN2C(=O)OCCN2CCC(Cc2cccc(C#Cc3ccsc3)c2)OC)s1. The van der Waals surface area contributed by atoms with E-state index in [0.29, 0.717) is 37.5 Å². The van der Waals surface area contributed by atoms with Gasteiger partial charge < -0.3 is 14.2 Å². The summed E-state index contributed by atoms with van der Waals surface area (Å²) in [7, 11) is 3.09. The number of hydrogen-bond donors (Lipinski definition) is 0. The summed E-state index contributed by atoms with van der Waals surface area (Å²) in [6, 6.07) is 13.9. The first-order valence-corrected chi connectivity index (χ1v) is 13.8. The Bertz CT molecular complexity index is 1240. The van der Waals surface area contributed by atoms with Crippen LogP contribution in [0.3, 0.4) is 0 Å². The number of methoxy groups -OCH3 is 2. The van der Waals surface area contributed by atoms with Gasteiger partial charge in [-0.2, -0.15) is 11.3 Å². The van der Waals surface area contributed by atoms with Gasteiger partial charge in [0, 0.05) is 48.0 Å². The van der Waals surface area contributed by atoms with Gasteiger partial charge in [0.1, 0.15) is 11.5 Å². The Balaban J connectivity index is 1.33. The van der Waals surface area contributed by atoms with E-state index < -0.39 is 0 Å². The Hall–Kier alpha value is -3.16. The lowest BCUT2D eigenvalue weighted by Gasteiger charge is -2.38. The number of cyclic esters (lactones) is 1. The van der Waals surface area contributed by atoms with Gasteiger partial charge in [0.05, 0.1) is 19.8 Å². The average Bonchev–Trinajstić information content (AvgIpc) is 3.61. The van der Waals surface area contributed by atoms with Crippen LogP contribution in [0.15, 0.2) is 53.2 Å². The fourth-order valence-corrected chi connectivity index (χ4v) is 5.57. The number of esters is 1. The third kappa shape index (κ3) is 7.66. The number of carbonyl (C=O) groups excluding carboxylic acids is 2. The van der Waals surface area contributed by atoms with Crippen LogP contribution in [0.5, 0.6) is 0 Å². The van der Waals surface area contributed by atoms with E-state index in [0.717, 1.165) is 34.4 Å². The summed E-state index contributed by atoms with van der Waals surface area (Å²) in [5.74, 6) is 6.09. The molecule has 1 aromatic carbocycles. The Kier molecular flexibility index (Phi) is 9.74. The van der Waals surface area contributed by atoms with Crippen molar-refractivity contribution >= 4 is 34.7 Å². The van der Waals surface area contributed by atoms with Crippen molar-refractivity contribution in [2.24, 2.45) is 0 Å². The predicted octanol–water partition coefficient (Wildman–Crippen LogP) is 4.86. The van der Waals surface area contributed by atoms with E-state index in [9.17, 15) is 9.59 Å². The minimum absolute atomic E-state index is 0.000194. The number of ether oxygens (including phenoxy) is 3. The van der Waals surface area contributed by atoms with E-state index in [2.05, 4.69) is 24.0 Å². The summed E-state index contributed by atoms with van der Waals surface area (Å²) in [5.41, 5.74) is 3.17. The predicted molar refractivity (Wildman–Crippen MR) is 145 cm³/mol. The molecule has 3 aromatic rings. The molecule has 1 saturated heterocycles. The minimum atomic E-state index is -0.346. The minimum Gasteiger partial charge on any atom is -0.465 e. The molecular formula is C28H30N2O5S2. The molecule has 1 amide bonds. The summed E-state index contributed by atoms with van der Waals surface area (Å²) in [4.78, 5) is 25.8. The lowest BCUT2D eigenvalue weighted by Crippen LogP contribution is -2.54. The molecule has 3 heterocycles. The molecule has 9 heteroatoms. The van der Waals surface area contributed by atoms with Gasteiger partial charge in [-0.15, -0.1) is 11.3 Å². The summed E-state index contributed by atoms with van der Waals surface area (Å²) in [6.07, 6.45) is 1.80. The molecule has 1 aliphatic rings. The molecule has 0 N–H and O–H groups in total. The van der Waals surface area contributed by atoms with Gasteiger partial charge in [-0.05, 0) is 54.1 Å². The van der Waals surface area contributed by atoms with Crippen molar-refractivity contribution in [3.63, 3.8) is 0 Å². The zero-order chi connectivity index (χ0) is 26.0. The van der Waals surface area contributed by atoms with E-state index in [4.69, 9.17) is 14.2 Å². The maximum Gasteiger partial charge on any atom is 0.424 e. The molecule has 0 bridgehead atoms. The highest BCUT2D eigenvalue weighted by Crippen LogP contribution is 2.20. The van der Waals surface area contributed by atoms with Gasteiger partial charge >= 0.3 is 12.1 Å².